The molecule has 1 N–H and O–H groups in total. The van der Waals surface area contributed by atoms with E-state index in [1.165, 1.54) is 10.8 Å². The molecule has 2 aromatic carbocycles. The fourth-order valence-corrected chi connectivity index (χ4v) is 2.82. The highest BCUT2D eigenvalue weighted by Gasteiger charge is 2.08. The van der Waals surface area contributed by atoms with Crippen LogP contribution in [0.5, 0.6) is 5.75 Å². The van der Waals surface area contributed by atoms with Gasteiger partial charge in [0, 0.05) is 23.0 Å². The number of pyridine rings is 1. The van der Waals surface area contributed by atoms with E-state index in [1.54, 1.807) is 7.11 Å². The fourth-order valence-electron chi connectivity index (χ4n) is 2.82. The van der Waals surface area contributed by atoms with E-state index in [-0.39, 0.29) is 12.4 Å². The highest BCUT2D eigenvalue weighted by atomic mass is 35.5. The zero-order chi connectivity index (χ0) is 15.6. The lowest BCUT2D eigenvalue weighted by Crippen LogP contribution is -1.82. The van der Waals surface area contributed by atoms with Crippen LogP contribution < -0.4 is 4.74 Å². The van der Waals surface area contributed by atoms with Crippen molar-refractivity contribution in [2.75, 3.05) is 7.11 Å². The highest BCUT2D eigenvalue weighted by molar-refractivity contribution is 6.09. The molecule has 4 aromatic rings. The van der Waals surface area contributed by atoms with Gasteiger partial charge in [0.15, 0.2) is 0 Å². The standard InChI is InChI=1S/C20H16N2O.ClH/c1-23-15-8-9-16-17-11-12-21-18(20(17)22-19(16)13-15)10-7-14-5-3-2-4-6-14;/h2-13,22H,1H3;1H/b10-7+;. The molecular weight excluding hydrogens is 320 g/mol. The number of nitrogens with one attached hydrogen (secondary N) is 1. The van der Waals surface area contributed by atoms with Crippen LogP contribution in [0.3, 0.4) is 0 Å². The molecule has 0 saturated carbocycles. The predicted octanol–water partition coefficient (Wildman–Crippen LogP) is 5.32. The van der Waals surface area contributed by atoms with E-state index in [1.807, 2.05) is 48.7 Å². The SMILES string of the molecule is COc1ccc2c(c1)[nH]c1c(/C=C/c3ccccc3)nccc12.Cl. The minimum Gasteiger partial charge on any atom is -0.497 e. The van der Waals surface area contributed by atoms with Crippen LogP contribution >= 0.6 is 12.4 Å². The molecule has 0 spiro atoms. The van der Waals surface area contributed by atoms with Gasteiger partial charge in [-0.2, -0.15) is 0 Å². The quantitative estimate of drug-likeness (QED) is 0.550. The maximum atomic E-state index is 5.30. The molecule has 120 valence electrons. The van der Waals surface area contributed by atoms with E-state index in [9.17, 15) is 0 Å². The summed E-state index contributed by atoms with van der Waals surface area (Å²) in [5.41, 5.74) is 4.19. The molecule has 3 nitrogen and oxygen atoms in total. The van der Waals surface area contributed by atoms with Crippen LogP contribution in [0.4, 0.5) is 0 Å². The zero-order valence-corrected chi connectivity index (χ0v) is 14.0. The second kappa shape index (κ2) is 6.77. The van der Waals surface area contributed by atoms with Gasteiger partial charge in [-0.3, -0.25) is 4.98 Å². The van der Waals surface area contributed by atoms with Crippen LogP contribution in [0.25, 0.3) is 34.0 Å². The molecule has 0 saturated heterocycles. The largest absolute Gasteiger partial charge is 0.497 e. The van der Waals surface area contributed by atoms with E-state index in [0.717, 1.165) is 28.0 Å². The normalized spacial score (nSPS) is 11.0. The van der Waals surface area contributed by atoms with Gasteiger partial charge in [0.2, 0.25) is 0 Å². The lowest BCUT2D eigenvalue weighted by molar-refractivity contribution is 0.415. The van der Waals surface area contributed by atoms with Gasteiger partial charge in [0.05, 0.1) is 23.8 Å². The van der Waals surface area contributed by atoms with Crippen molar-refractivity contribution in [3.05, 3.63) is 72.1 Å². The zero-order valence-electron chi connectivity index (χ0n) is 13.2. The number of ether oxygens (including phenoxy) is 1. The van der Waals surface area contributed by atoms with Crippen molar-refractivity contribution < 1.29 is 4.74 Å². The van der Waals surface area contributed by atoms with Crippen molar-refractivity contribution in [2.24, 2.45) is 0 Å². The molecule has 2 aromatic heterocycles. The van der Waals surface area contributed by atoms with Gasteiger partial charge in [0.25, 0.3) is 0 Å². The molecule has 0 amide bonds. The highest BCUT2D eigenvalue weighted by Crippen LogP contribution is 2.29. The van der Waals surface area contributed by atoms with Crippen molar-refractivity contribution in [3.63, 3.8) is 0 Å². The van der Waals surface area contributed by atoms with E-state index in [2.05, 4.69) is 34.2 Å². The topological polar surface area (TPSA) is 37.9 Å². The maximum absolute atomic E-state index is 5.30. The molecule has 0 aliphatic rings. The number of hydrogen-bond donors (Lipinski definition) is 1. The van der Waals surface area contributed by atoms with Crippen molar-refractivity contribution >= 4 is 46.4 Å². The molecule has 0 bridgehead atoms. The summed E-state index contributed by atoms with van der Waals surface area (Å²) < 4.78 is 5.30. The van der Waals surface area contributed by atoms with Crippen LogP contribution in [-0.4, -0.2) is 17.1 Å². The molecule has 4 rings (SSSR count). The first kappa shape index (κ1) is 16.1. The monoisotopic (exact) mass is 336 g/mol. The van der Waals surface area contributed by atoms with E-state index in [4.69, 9.17) is 4.74 Å². The third kappa shape index (κ3) is 2.86. The lowest BCUT2D eigenvalue weighted by Gasteiger charge is -1.98. The first-order valence-electron chi connectivity index (χ1n) is 7.53. The number of methoxy groups -OCH3 is 1. The van der Waals surface area contributed by atoms with Gasteiger partial charge >= 0.3 is 0 Å². The summed E-state index contributed by atoms with van der Waals surface area (Å²) in [5.74, 6) is 0.846. The predicted molar refractivity (Wildman–Crippen MR) is 103 cm³/mol. The second-order valence-corrected chi connectivity index (χ2v) is 5.40. The van der Waals surface area contributed by atoms with Crippen LogP contribution in [-0.2, 0) is 0 Å². The Morgan fingerprint density at radius 1 is 0.958 bits per heavy atom. The first-order valence-corrected chi connectivity index (χ1v) is 7.53. The first-order chi connectivity index (χ1) is 11.3. The molecule has 0 aliphatic carbocycles. The Morgan fingerprint density at radius 2 is 1.79 bits per heavy atom. The Balaban J connectivity index is 0.00000169. The molecule has 0 radical (unpaired) electrons. The number of rotatable bonds is 3. The van der Waals surface area contributed by atoms with E-state index < -0.39 is 0 Å². The number of halogens is 1. The van der Waals surface area contributed by atoms with Crippen molar-refractivity contribution in [1.82, 2.24) is 9.97 Å². The van der Waals surface area contributed by atoms with Gasteiger partial charge in [-0.25, -0.2) is 0 Å². The molecule has 2 heterocycles. The Morgan fingerprint density at radius 3 is 2.58 bits per heavy atom. The summed E-state index contributed by atoms with van der Waals surface area (Å²) in [6, 6.07) is 18.3. The second-order valence-electron chi connectivity index (χ2n) is 5.40. The van der Waals surface area contributed by atoms with Crippen molar-refractivity contribution in [2.45, 2.75) is 0 Å². The van der Waals surface area contributed by atoms with Gasteiger partial charge in [-0.1, -0.05) is 36.4 Å². The van der Waals surface area contributed by atoms with Crippen molar-refractivity contribution in [3.8, 4) is 5.75 Å². The van der Waals surface area contributed by atoms with Crippen LogP contribution in [0.15, 0.2) is 60.8 Å². The third-order valence-corrected chi connectivity index (χ3v) is 3.99. The van der Waals surface area contributed by atoms with Gasteiger partial charge in [-0.15, -0.1) is 12.4 Å². The number of aromatic amines is 1. The fraction of sp³-hybridized carbons (Fsp3) is 0.0500. The molecule has 24 heavy (non-hydrogen) atoms. The molecular formula is C20H17ClN2O. The average molecular weight is 337 g/mol. The summed E-state index contributed by atoms with van der Waals surface area (Å²) >= 11 is 0. The summed E-state index contributed by atoms with van der Waals surface area (Å²) in [7, 11) is 1.68. The smallest absolute Gasteiger partial charge is 0.120 e. The molecule has 4 heteroatoms. The van der Waals surface area contributed by atoms with E-state index in [0.29, 0.717) is 0 Å². The Bertz CT molecular complexity index is 1010. The summed E-state index contributed by atoms with van der Waals surface area (Å²) in [4.78, 5) is 7.97. The Kier molecular flexibility index (Phi) is 4.54. The number of nitrogens with zero attached hydrogens (tertiary/aromatic N) is 1. The van der Waals surface area contributed by atoms with E-state index >= 15 is 0 Å². The Labute approximate surface area is 146 Å². The van der Waals surface area contributed by atoms with Gasteiger partial charge < -0.3 is 9.72 Å². The lowest BCUT2D eigenvalue weighted by atomic mass is 10.1. The molecule has 0 aliphatic heterocycles. The molecule has 0 fully saturated rings. The number of aromatic nitrogens is 2. The molecule has 0 unspecified atom stereocenters. The van der Waals surface area contributed by atoms with Crippen LogP contribution in [0, 0.1) is 0 Å². The summed E-state index contributed by atoms with van der Waals surface area (Å²) in [6.45, 7) is 0. The number of H-pyrrole nitrogens is 1. The van der Waals surface area contributed by atoms with Crippen LogP contribution in [0.1, 0.15) is 11.3 Å². The molecule has 0 atom stereocenters. The maximum Gasteiger partial charge on any atom is 0.120 e. The number of benzene rings is 2. The van der Waals surface area contributed by atoms with Crippen LogP contribution in [0.2, 0.25) is 0 Å². The minimum absolute atomic E-state index is 0. The van der Waals surface area contributed by atoms with Gasteiger partial charge in [0.1, 0.15) is 5.75 Å². The number of hydrogen-bond acceptors (Lipinski definition) is 2. The third-order valence-electron chi connectivity index (χ3n) is 3.99. The number of fused-ring (bicyclic) bond motifs is 3. The minimum atomic E-state index is 0. The Hall–Kier alpha value is -2.78. The average Bonchev–Trinajstić information content (AvgIpc) is 2.99. The van der Waals surface area contributed by atoms with Gasteiger partial charge in [-0.05, 0) is 29.8 Å². The summed E-state index contributed by atoms with van der Waals surface area (Å²) in [6.07, 6.45) is 5.97. The summed E-state index contributed by atoms with van der Waals surface area (Å²) in [5, 5.41) is 2.35. The van der Waals surface area contributed by atoms with Crippen molar-refractivity contribution in [1.29, 1.82) is 0 Å².